The molecule has 0 saturated carbocycles. The number of anilines is 1. The number of fused-ring (bicyclic) bond motifs is 6. The van der Waals surface area contributed by atoms with Crippen LogP contribution in [-0.2, 0) is 25.7 Å². The van der Waals surface area contributed by atoms with E-state index in [2.05, 4.69) is 0 Å². The summed E-state index contributed by atoms with van der Waals surface area (Å²) in [5.41, 5.74) is 7.01. The summed E-state index contributed by atoms with van der Waals surface area (Å²) in [4.78, 5) is 1.30. The SMILES string of the molecule is NSC1Sc2c3c(c4c(c2N1O)CC4)CC3. The van der Waals surface area contributed by atoms with Gasteiger partial charge in [0.25, 0.3) is 0 Å². The van der Waals surface area contributed by atoms with Gasteiger partial charge in [-0.15, -0.1) is 0 Å². The highest BCUT2D eigenvalue weighted by atomic mass is 32.2. The van der Waals surface area contributed by atoms with Crippen LogP contribution >= 0.6 is 23.7 Å². The smallest absolute Gasteiger partial charge is 0.165 e. The Bertz CT molecular complexity index is 503. The largest absolute Gasteiger partial charge is 0.286 e. The number of hydroxylamine groups is 1. The molecule has 16 heavy (non-hydrogen) atoms. The van der Waals surface area contributed by atoms with Crippen LogP contribution in [0.1, 0.15) is 22.3 Å². The second kappa shape index (κ2) is 3.10. The third kappa shape index (κ3) is 0.960. The number of nitrogens with two attached hydrogens (primary N) is 1. The molecule has 1 atom stereocenters. The van der Waals surface area contributed by atoms with Gasteiger partial charge >= 0.3 is 0 Å². The summed E-state index contributed by atoms with van der Waals surface area (Å²) >= 11 is 2.92. The van der Waals surface area contributed by atoms with Crippen LogP contribution in [0.15, 0.2) is 4.90 Å². The molecule has 1 aliphatic heterocycles. The molecule has 0 aromatic heterocycles. The lowest BCUT2D eigenvalue weighted by atomic mass is 9.74. The molecule has 1 aromatic carbocycles. The van der Waals surface area contributed by atoms with Gasteiger partial charge in [0.2, 0.25) is 0 Å². The summed E-state index contributed by atoms with van der Waals surface area (Å²) in [5, 5.41) is 17.1. The molecule has 3 aliphatic rings. The van der Waals surface area contributed by atoms with Gasteiger partial charge in [0.05, 0.1) is 5.69 Å². The van der Waals surface area contributed by atoms with Crippen molar-refractivity contribution >= 4 is 29.4 Å². The molecule has 1 heterocycles. The second-order valence-electron chi connectivity index (χ2n) is 4.50. The zero-order chi connectivity index (χ0) is 10.9. The van der Waals surface area contributed by atoms with Gasteiger partial charge in [-0.2, -0.15) is 0 Å². The molecule has 1 unspecified atom stereocenters. The molecule has 0 spiro atoms. The van der Waals surface area contributed by atoms with Crippen molar-refractivity contribution in [3.05, 3.63) is 22.3 Å². The standard InChI is InChI=1S/C11H12N2OS2/c12-16-11-13(14)9-7-3-1-5(7)6-2-4-8(6)10(9)15-11/h11,14H,1-4,12H2. The monoisotopic (exact) mass is 252 g/mol. The normalized spacial score (nSPS) is 24.4. The minimum atomic E-state index is -0.0631. The van der Waals surface area contributed by atoms with E-state index in [0.717, 1.165) is 12.1 Å². The van der Waals surface area contributed by atoms with Gasteiger partial charge in [-0.1, -0.05) is 11.8 Å². The predicted octanol–water partition coefficient (Wildman–Crippen LogP) is 2.08. The molecule has 1 aromatic rings. The Hall–Kier alpha value is -0.360. The van der Waals surface area contributed by atoms with Gasteiger partial charge in [0, 0.05) is 4.90 Å². The molecule has 0 radical (unpaired) electrons. The van der Waals surface area contributed by atoms with E-state index in [0.29, 0.717) is 0 Å². The van der Waals surface area contributed by atoms with Gasteiger partial charge < -0.3 is 0 Å². The maximum atomic E-state index is 10.1. The average Bonchev–Trinajstić information content (AvgIpc) is 2.50. The summed E-state index contributed by atoms with van der Waals surface area (Å²) in [6.07, 6.45) is 4.72. The van der Waals surface area contributed by atoms with E-state index in [4.69, 9.17) is 5.14 Å². The first kappa shape index (κ1) is 9.65. The Balaban J connectivity index is 1.96. The number of benzene rings is 1. The first-order valence-corrected chi connectivity index (χ1v) is 7.33. The van der Waals surface area contributed by atoms with Crippen molar-refractivity contribution in [1.29, 1.82) is 0 Å². The van der Waals surface area contributed by atoms with Crippen LogP contribution in [0.4, 0.5) is 5.69 Å². The highest BCUT2D eigenvalue weighted by Gasteiger charge is 2.40. The second-order valence-corrected chi connectivity index (χ2v) is 6.61. The van der Waals surface area contributed by atoms with Crippen LogP contribution in [0, 0.1) is 0 Å². The van der Waals surface area contributed by atoms with E-state index in [1.54, 1.807) is 17.3 Å². The van der Waals surface area contributed by atoms with E-state index in [1.165, 1.54) is 57.9 Å². The summed E-state index contributed by atoms with van der Waals surface area (Å²) in [5.74, 6) is 0. The van der Waals surface area contributed by atoms with Crippen molar-refractivity contribution in [2.24, 2.45) is 5.14 Å². The molecule has 2 aliphatic carbocycles. The zero-order valence-corrected chi connectivity index (χ0v) is 10.3. The molecular formula is C11H12N2OS2. The molecule has 0 fully saturated rings. The van der Waals surface area contributed by atoms with Crippen molar-refractivity contribution in [3.8, 4) is 0 Å². The lowest BCUT2D eigenvalue weighted by molar-refractivity contribution is 0.266. The molecule has 4 rings (SSSR count). The molecule has 3 nitrogen and oxygen atoms in total. The number of thioether (sulfide) groups is 1. The summed E-state index contributed by atoms with van der Waals surface area (Å²) in [6.45, 7) is 0. The molecule has 5 heteroatoms. The first-order chi connectivity index (χ1) is 7.81. The Morgan fingerprint density at radius 1 is 1.12 bits per heavy atom. The third-order valence-corrected chi connectivity index (χ3v) is 6.01. The number of hydrogen-bond acceptors (Lipinski definition) is 5. The van der Waals surface area contributed by atoms with Gasteiger partial charge in [-0.3, -0.25) is 10.3 Å². The first-order valence-electron chi connectivity index (χ1n) is 5.51. The summed E-state index contributed by atoms with van der Waals surface area (Å²) < 4.78 is -0.0631. The van der Waals surface area contributed by atoms with Crippen LogP contribution in [0.5, 0.6) is 0 Å². The van der Waals surface area contributed by atoms with Crippen LogP contribution < -0.4 is 10.2 Å². The van der Waals surface area contributed by atoms with Crippen molar-refractivity contribution in [3.63, 3.8) is 0 Å². The fourth-order valence-electron chi connectivity index (χ4n) is 2.92. The lowest BCUT2D eigenvalue weighted by Crippen LogP contribution is -2.28. The van der Waals surface area contributed by atoms with Crippen molar-refractivity contribution in [1.82, 2.24) is 0 Å². The minimum absolute atomic E-state index is 0.0631. The molecule has 0 amide bonds. The summed E-state index contributed by atoms with van der Waals surface area (Å²) in [6, 6.07) is 0. The van der Waals surface area contributed by atoms with E-state index in [9.17, 15) is 5.21 Å². The molecule has 0 bridgehead atoms. The van der Waals surface area contributed by atoms with Crippen LogP contribution in [-0.4, -0.2) is 9.91 Å². The van der Waals surface area contributed by atoms with Gasteiger partial charge in [0.1, 0.15) is 0 Å². The fraction of sp³-hybridized carbons (Fsp3) is 0.455. The zero-order valence-electron chi connectivity index (χ0n) is 8.69. The minimum Gasteiger partial charge on any atom is -0.286 e. The topological polar surface area (TPSA) is 49.5 Å². The van der Waals surface area contributed by atoms with E-state index in [1.807, 2.05) is 0 Å². The van der Waals surface area contributed by atoms with Gasteiger partial charge in [0.15, 0.2) is 4.71 Å². The van der Waals surface area contributed by atoms with Crippen molar-refractivity contribution < 1.29 is 5.21 Å². The number of hydrogen-bond donors (Lipinski definition) is 2. The van der Waals surface area contributed by atoms with Crippen molar-refractivity contribution in [2.45, 2.75) is 35.3 Å². The third-order valence-electron chi connectivity index (χ3n) is 3.88. The lowest BCUT2D eigenvalue weighted by Gasteiger charge is -2.34. The number of nitrogens with zero attached hydrogens (tertiary/aromatic N) is 1. The van der Waals surface area contributed by atoms with E-state index in [-0.39, 0.29) is 4.71 Å². The van der Waals surface area contributed by atoms with Gasteiger partial charge in [-0.05, 0) is 59.9 Å². The summed E-state index contributed by atoms with van der Waals surface area (Å²) in [7, 11) is 0. The van der Waals surface area contributed by atoms with E-state index < -0.39 is 0 Å². The molecular weight excluding hydrogens is 240 g/mol. The Morgan fingerprint density at radius 2 is 1.75 bits per heavy atom. The Morgan fingerprint density at radius 3 is 2.31 bits per heavy atom. The Labute approximate surface area is 102 Å². The Kier molecular flexibility index (Phi) is 1.87. The quantitative estimate of drug-likeness (QED) is 0.749. The average molecular weight is 252 g/mol. The molecule has 84 valence electrons. The van der Waals surface area contributed by atoms with Crippen LogP contribution in [0.3, 0.4) is 0 Å². The highest BCUT2D eigenvalue weighted by Crippen LogP contribution is 2.55. The predicted molar refractivity (Wildman–Crippen MR) is 66.9 cm³/mol. The number of rotatable bonds is 1. The van der Waals surface area contributed by atoms with Gasteiger partial charge in [-0.25, -0.2) is 5.06 Å². The molecule has 0 saturated heterocycles. The fourth-order valence-corrected chi connectivity index (χ4v) is 4.75. The maximum Gasteiger partial charge on any atom is 0.165 e. The van der Waals surface area contributed by atoms with E-state index >= 15 is 0 Å². The highest BCUT2D eigenvalue weighted by molar-refractivity contribution is 8.16. The van der Waals surface area contributed by atoms with Crippen molar-refractivity contribution in [2.75, 3.05) is 5.06 Å². The van der Waals surface area contributed by atoms with Crippen LogP contribution in [0.2, 0.25) is 0 Å². The maximum absolute atomic E-state index is 10.1. The van der Waals surface area contributed by atoms with Crippen LogP contribution in [0.25, 0.3) is 0 Å². The molecule has 3 N–H and O–H groups in total.